The van der Waals surface area contributed by atoms with E-state index in [2.05, 4.69) is 4.72 Å². The van der Waals surface area contributed by atoms with Crippen molar-refractivity contribution in [3.63, 3.8) is 0 Å². The van der Waals surface area contributed by atoms with Crippen molar-refractivity contribution in [3.05, 3.63) is 24.0 Å². The molecule has 1 atom stereocenters. The Morgan fingerprint density at radius 3 is 2.94 bits per heavy atom. The minimum absolute atomic E-state index is 0.0599. The Balaban J connectivity index is 2.12. The van der Waals surface area contributed by atoms with Gasteiger partial charge in [0.05, 0.1) is 5.69 Å². The highest BCUT2D eigenvalue weighted by atomic mass is 32.2. The summed E-state index contributed by atoms with van der Waals surface area (Å²) in [6.07, 6.45) is 1.01. The van der Waals surface area contributed by atoms with Gasteiger partial charge in [-0.2, -0.15) is 11.8 Å². The number of thioether (sulfide) groups is 1. The third-order valence-electron chi connectivity index (χ3n) is 2.85. The number of nitrogen functional groups attached to an aromatic ring is 1. The van der Waals surface area contributed by atoms with Gasteiger partial charge in [0.1, 0.15) is 10.7 Å². The molecule has 1 aromatic carbocycles. The maximum atomic E-state index is 13.1. The summed E-state index contributed by atoms with van der Waals surface area (Å²) in [7, 11) is -3.73. The summed E-state index contributed by atoms with van der Waals surface area (Å²) in [5.41, 5.74) is 5.63. The largest absolute Gasteiger partial charge is 0.398 e. The first-order chi connectivity index (χ1) is 8.49. The second-order valence-corrected chi connectivity index (χ2v) is 7.15. The van der Waals surface area contributed by atoms with Gasteiger partial charge in [-0.05, 0) is 42.0 Å². The van der Waals surface area contributed by atoms with Gasteiger partial charge < -0.3 is 5.73 Å². The van der Waals surface area contributed by atoms with Gasteiger partial charge in [0.2, 0.25) is 10.0 Å². The van der Waals surface area contributed by atoms with Gasteiger partial charge in [-0.15, -0.1) is 0 Å². The maximum absolute atomic E-state index is 13.1. The van der Waals surface area contributed by atoms with Crippen LogP contribution in [0, 0.1) is 11.7 Å². The van der Waals surface area contributed by atoms with E-state index >= 15 is 0 Å². The average molecular weight is 290 g/mol. The fourth-order valence-electron chi connectivity index (χ4n) is 1.79. The van der Waals surface area contributed by atoms with Crippen LogP contribution in [0.1, 0.15) is 6.42 Å². The molecule has 1 aliphatic rings. The monoisotopic (exact) mass is 290 g/mol. The Labute approximate surface area is 110 Å². The lowest BCUT2D eigenvalue weighted by molar-refractivity contribution is 0.544. The van der Waals surface area contributed by atoms with Crippen LogP contribution in [-0.4, -0.2) is 26.5 Å². The zero-order chi connectivity index (χ0) is 13.2. The second-order valence-electron chi connectivity index (χ2n) is 4.26. The normalized spacial score (nSPS) is 20.2. The summed E-state index contributed by atoms with van der Waals surface area (Å²) in [6.45, 7) is 0.380. The van der Waals surface area contributed by atoms with Crippen molar-refractivity contribution in [2.75, 3.05) is 23.8 Å². The quantitative estimate of drug-likeness (QED) is 0.823. The molecule has 1 aromatic rings. The van der Waals surface area contributed by atoms with E-state index < -0.39 is 15.8 Å². The first-order valence-electron chi connectivity index (χ1n) is 5.61. The lowest BCUT2D eigenvalue weighted by Crippen LogP contribution is -2.30. The van der Waals surface area contributed by atoms with Crippen LogP contribution in [-0.2, 0) is 10.0 Å². The summed E-state index contributed by atoms with van der Waals surface area (Å²) >= 11 is 1.81. The highest BCUT2D eigenvalue weighted by molar-refractivity contribution is 7.99. The van der Waals surface area contributed by atoms with Crippen LogP contribution < -0.4 is 10.5 Å². The molecule has 0 amide bonds. The fraction of sp³-hybridized carbons (Fsp3) is 0.455. The molecule has 0 radical (unpaired) electrons. The van der Waals surface area contributed by atoms with Crippen molar-refractivity contribution >= 4 is 27.5 Å². The van der Waals surface area contributed by atoms with Crippen LogP contribution in [0.4, 0.5) is 10.1 Å². The Kier molecular flexibility index (Phi) is 4.14. The van der Waals surface area contributed by atoms with E-state index in [1.165, 1.54) is 6.07 Å². The van der Waals surface area contributed by atoms with Crippen molar-refractivity contribution in [1.29, 1.82) is 0 Å². The standard InChI is InChI=1S/C11H15FN2O2S2/c12-9-1-2-10(13)11(5-9)18(15,16)14-6-8-3-4-17-7-8/h1-2,5,8,14H,3-4,6-7,13H2. The van der Waals surface area contributed by atoms with E-state index in [4.69, 9.17) is 5.73 Å². The Bertz CT molecular complexity index is 528. The van der Waals surface area contributed by atoms with Gasteiger partial charge in [0.15, 0.2) is 0 Å². The number of hydrogen-bond donors (Lipinski definition) is 2. The number of rotatable bonds is 4. The Morgan fingerprint density at radius 2 is 2.28 bits per heavy atom. The van der Waals surface area contributed by atoms with Gasteiger partial charge in [0, 0.05) is 6.54 Å². The van der Waals surface area contributed by atoms with Crippen molar-refractivity contribution in [2.45, 2.75) is 11.3 Å². The minimum atomic E-state index is -3.73. The zero-order valence-corrected chi connectivity index (χ0v) is 11.4. The predicted octanol–water partition coefficient (Wildman–Crippen LogP) is 1.44. The van der Waals surface area contributed by atoms with E-state index in [0.717, 1.165) is 30.1 Å². The molecule has 4 nitrogen and oxygen atoms in total. The first kappa shape index (κ1) is 13.6. The molecule has 0 aromatic heterocycles. The number of hydrogen-bond acceptors (Lipinski definition) is 4. The van der Waals surface area contributed by atoms with Gasteiger partial charge in [-0.25, -0.2) is 17.5 Å². The third kappa shape index (κ3) is 3.15. The van der Waals surface area contributed by atoms with Crippen LogP contribution in [0.25, 0.3) is 0 Å². The van der Waals surface area contributed by atoms with E-state index in [9.17, 15) is 12.8 Å². The summed E-state index contributed by atoms with van der Waals surface area (Å²) < 4.78 is 39.6. The van der Waals surface area contributed by atoms with Gasteiger partial charge in [-0.3, -0.25) is 0 Å². The van der Waals surface area contributed by atoms with Crippen molar-refractivity contribution in [3.8, 4) is 0 Å². The number of anilines is 1. The Hall–Kier alpha value is -0.790. The van der Waals surface area contributed by atoms with Crippen LogP contribution in [0.3, 0.4) is 0 Å². The predicted molar refractivity (Wildman–Crippen MR) is 71.4 cm³/mol. The highest BCUT2D eigenvalue weighted by Gasteiger charge is 2.22. The molecule has 100 valence electrons. The molecule has 1 unspecified atom stereocenters. The van der Waals surface area contributed by atoms with E-state index in [-0.39, 0.29) is 10.6 Å². The SMILES string of the molecule is Nc1ccc(F)cc1S(=O)(=O)NCC1CCSC1. The molecule has 0 spiro atoms. The molecule has 0 bridgehead atoms. The number of halogens is 1. The number of nitrogens with one attached hydrogen (secondary N) is 1. The van der Waals surface area contributed by atoms with Crippen molar-refractivity contribution in [1.82, 2.24) is 4.72 Å². The molecule has 3 N–H and O–H groups in total. The highest BCUT2D eigenvalue weighted by Crippen LogP contribution is 2.24. The minimum Gasteiger partial charge on any atom is -0.398 e. The number of nitrogens with two attached hydrogens (primary N) is 1. The summed E-state index contributed by atoms with van der Waals surface area (Å²) in [5, 5.41) is 0. The van der Waals surface area contributed by atoms with Crippen molar-refractivity contribution < 1.29 is 12.8 Å². The van der Waals surface area contributed by atoms with E-state index in [1.807, 2.05) is 11.8 Å². The molecule has 0 aliphatic carbocycles. The number of benzene rings is 1. The smallest absolute Gasteiger partial charge is 0.242 e. The first-order valence-corrected chi connectivity index (χ1v) is 8.25. The molecular weight excluding hydrogens is 275 g/mol. The van der Waals surface area contributed by atoms with Crippen LogP contribution in [0.15, 0.2) is 23.1 Å². The maximum Gasteiger partial charge on any atom is 0.242 e. The van der Waals surface area contributed by atoms with Gasteiger partial charge >= 0.3 is 0 Å². The summed E-state index contributed by atoms with van der Waals surface area (Å²) in [5.74, 6) is 1.76. The Morgan fingerprint density at radius 1 is 1.50 bits per heavy atom. The molecule has 7 heteroatoms. The molecule has 0 saturated carbocycles. The van der Waals surface area contributed by atoms with Gasteiger partial charge in [0.25, 0.3) is 0 Å². The summed E-state index contributed by atoms with van der Waals surface area (Å²) in [6, 6.07) is 3.35. The lowest BCUT2D eigenvalue weighted by Gasteiger charge is -2.12. The third-order valence-corrected chi connectivity index (χ3v) is 5.56. The zero-order valence-electron chi connectivity index (χ0n) is 9.73. The lowest BCUT2D eigenvalue weighted by atomic mass is 10.1. The molecule has 1 aliphatic heterocycles. The average Bonchev–Trinajstić information content (AvgIpc) is 2.83. The van der Waals surface area contributed by atoms with Crippen LogP contribution in [0.2, 0.25) is 0 Å². The van der Waals surface area contributed by atoms with Crippen LogP contribution in [0.5, 0.6) is 0 Å². The molecule has 1 saturated heterocycles. The van der Waals surface area contributed by atoms with Crippen LogP contribution >= 0.6 is 11.8 Å². The summed E-state index contributed by atoms with van der Waals surface area (Å²) in [4.78, 5) is -0.187. The van der Waals surface area contributed by atoms with E-state index in [0.29, 0.717) is 12.5 Å². The molecule has 1 heterocycles. The topological polar surface area (TPSA) is 72.2 Å². The molecule has 1 fully saturated rings. The number of sulfonamides is 1. The fourth-order valence-corrected chi connectivity index (χ4v) is 4.33. The second kappa shape index (κ2) is 5.46. The molecular formula is C11H15FN2O2S2. The molecule has 2 rings (SSSR count). The van der Waals surface area contributed by atoms with Gasteiger partial charge in [-0.1, -0.05) is 0 Å². The van der Waals surface area contributed by atoms with E-state index in [1.54, 1.807) is 0 Å². The molecule has 18 heavy (non-hydrogen) atoms. The van der Waals surface area contributed by atoms with Crippen molar-refractivity contribution in [2.24, 2.45) is 5.92 Å².